The number of Topliss-reactive ketones (excluding diaryl/α,β-unsaturated/α-hetero) is 1. The molecule has 0 aliphatic heterocycles. The van der Waals surface area contributed by atoms with Gasteiger partial charge in [-0.1, -0.05) is 19.8 Å². The maximum absolute atomic E-state index is 13.7. The highest BCUT2D eigenvalue weighted by molar-refractivity contribution is 6.00. The minimum absolute atomic E-state index is 0.0744. The Balaban J connectivity index is 2.35. The molecule has 1 aliphatic carbocycles. The van der Waals surface area contributed by atoms with Gasteiger partial charge in [0.15, 0.2) is 5.78 Å². The number of hydrogen-bond donors (Lipinski definition) is 0. The highest BCUT2D eigenvalue weighted by Crippen LogP contribution is 2.32. The van der Waals surface area contributed by atoms with E-state index >= 15 is 0 Å². The van der Waals surface area contributed by atoms with Crippen molar-refractivity contribution in [2.24, 2.45) is 5.92 Å². The van der Waals surface area contributed by atoms with Gasteiger partial charge in [0.05, 0.1) is 0 Å². The smallest absolute Gasteiger partial charge is 0.161 e. The van der Waals surface area contributed by atoms with Gasteiger partial charge in [-0.2, -0.15) is 0 Å². The molecule has 110 valence electrons. The lowest BCUT2D eigenvalue weighted by atomic mass is 9.86. The summed E-state index contributed by atoms with van der Waals surface area (Å²) in [6.07, 6.45) is 4.80. The topological polar surface area (TPSA) is 20.3 Å². The van der Waals surface area contributed by atoms with Crippen LogP contribution in [0.2, 0.25) is 0 Å². The summed E-state index contributed by atoms with van der Waals surface area (Å²) in [7, 11) is 2.03. The summed E-state index contributed by atoms with van der Waals surface area (Å²) in [5, 5.41) is 0. The standard InChI is InChI=1S/C17H24FNO/c1-11-6-5-7-14(8-11)19(4)17-9-12(2)16(18)10-15(17)13(3)20/h9-11,14H,5-8H2,1-4H3. The molecule has 1 aromatic carbocycles. The SMILES string of the molecule is CC(=O)c1cc(F)c(C)cc1N(C)C1CCCC(C)C1. The van der Waals surface area contributed by atoms with Gasteiger partial charge in [0, 0.05) is 24.3 Å². The van der Waals surface area contributed by atoms with E-state index in [0.717, 1.165) is 24.4 Å². The van der Waals surface area contributed by atoms with Crippen LogP contribution in [0.25, 0.3) is 0 Å². The molecule has 1 fully saturated rings. The lowest BCUT2D eigenvalue weighted by Gasteiger charge is -2.36. The second-order valence-electron chi connectivity index (χ2n) is 6.21. The molecule has 1 saturated carbocycles. The van der Waals surface area contributed by atoms with Gasteiger partial charge in [-0.15, -0.1) is 0 Å². The van der Waals surface area contributed by atoms with Gasteiger partial charge >= 0.3 is 0 Å². The van der Waals surface area contributed by atoms with Crippen LogP contribution in [0.1, 0.15) is 55.5 Å². The predicted octanol–water partition coefficient (Wildman–Crippen LogP) is 4.35. The van der Waals surface area contributed by atoms with Crippen LogP contribution in [0.3, 0.4) is 0 Å². The lowest BCUT2D eigenvalue weighted by Crippen LogP contribution is -2.36. The fourth-order valence-corrected chi connectivity index (χ4v) is 3.19. The molecule has 0 spiro atoms. The van der Waals surface area contributed by atoms with Crippen molar-refractivity contribution in [3.8, 4) is 0 Å². The molecule has 0 radical (unpaired) electrons. The number of hydrogen-bond acceptors (Lipinski definition) is 2. The van der Waals surface area contributed by atoms with Crippen LogP contribution in [0.5, 0.6) is 0 Å². The Bertz CT molecular complexity index is 512. The summed E-state index contributed by atoms with van der Waals surface area (Å²) in [4.78, 5) is 14.0. The van der Waals surface area contributed by atoms with E-state index in [9.17, 15) is 9.18 Å². The summed E-state index contributed by atoms with van der Waals surface area (Å²) in [5.74, 6) is 0.345. The molecule has 20 heavy (non-hydrogen) atoms. The summed E-state index contributed by atoms with van der Waals surface area (Å²) in [6.45, 7) is 5.53. The van der Waals surface area contributed by atoms with E-state index in [1.807, 2.05) is 13.1 Å². The fourth-order valence-electron chi connectivity index (χ4n) is 3.19. The van der Waals surface area contributed by atoms with Crippen LogP contribution in [-0.4, -0.2) is 18.9 Å². The molecular weight excluding hydrogens is 253 g/mol. The van der Waals surface area contributed by atoms with Crippen molar-refractivity contribution in [2.45, 2.75) is 52.5 Å². The highest BCUT2D eigenvalue weighted by Gasteiger charge is 2.25. The van der Waals surface area contributed by atoms with E-state index in [0.29, 0.717) is 17.2 Å². The third-order valence-electron chi connectivity index (χ3n) is 4.49. The number of nitrogens with zero attached hydrogens (tertiary/aromatic N) is 1. The molecule has 0 saturated heterocycles. The normalized spacial score (nSPS) is 22.6. The average molecular weight is 277 g/mol. The molecule has 0 heterocycles. The summed E-state index contributed by atoms with van der Waals surface area (Å²) in [5.41, 5.74) is 1.96. The first-order chi connectivity index (χ1) is 9.40. The number of benzene rings is 1. The van der Waals surface area contributed by atoms with E-state index < -0.39 is 0 Å². The second-order valence-corrected chi connectivity index (χ2v) is 6.21. The maximum Gasteiger partial charge on any atom is 0.161 e. The Morgan fingerprint density at radius 1 is 1.35 bits per heavy atom. The van der Waals surface area contributed by atoms with E-state index in [-0.39, 0.29) is 11.6 Å². The third-order valence-corrected chi connectivity index (χ3v) is 4.49. The molecule has 0 N–H and O–H groups in total. The first kappa shape index (κ1) is 15.0. The van der Waals surface area contributed by atoms with E-state index in [1.165, 1.54) is 25.8 Å². The largest absolute Gasteiger partial charge is 0.371 e. The zero-order valence-corrected chi connectivity index (χ0v) is 12.9. The van der Waals surface area contributed by atoms with Crippen molar-refractivity contribution < 1.29 is 9.18 Å². The van der Waals surface area contributed by atoms with Gasteiger partial charge in [-0.05, 0) is 50.3 Å². The Kier molecular flexibility index (Phi) is 4.46. The highest BCUT2D eigenvalue weighted by atomic mass is 19.1. The van der Waals surface area contributed by atoms with Crippen molar-refractivity contribution in [2.75, 3.05) is 11.9 Å². The monoisotopic (exact) mass is 277 g/mol. The Hall–Kier alpha value is -1.38. The van der Waals surface area contributed by atoms with Gasteiger partial charge < -0.3 is 4.90 Å². The van der Waals surface area contributed by atoms with Crippen LogP contribution in [0, 0.1) is 18.7 Å². The van der Waals surface area contributed by atoms with Crippen molar-refractivity contribution in [3.63, 3.8) is 0 Å². The van der Waals surface area contributed by atoms with Crippen molar-refractivity contribution >= 4 is 11.5 Å². The molecule has 2 unspecified atom stereocenters. The number of anilines is 1. The number of ketones is 1. The van der Waals surface area contributed by atoms with Crippen molar-refractivity contribution in [1.29, 1.82) is 0 Å². The Morgan fingerprint density at radius 2 is 2.05 bits per heavy atom. The molecule has 0 amide bonds. The average Bonchev–Trinajstić information content (AvgIpc) is 2.40. The van der Waals surface area contributed by atoms with Crippen LogP contribution >= 0.6 is 0 Å². The summed E-state index contributed by atoms with van der Waals surface area (Å²) in [6, 6.07) is 3.64. The van der Waals surface area contributed by atoms with E-state index in [2.05, 4.69) is 11.8 Å². The second kappa shape index (κ2) is 5.94. The zero-order valence-electron chi connectivity index (χ0n) is 12.9. The van der Waals surface area contributed by atoms with E-state index in [4.69, 9.17) is 0 Å². The predicted molar refractivity (Wildman–Crippen MR) is 81.0 cm³/mol. The molecule has 0 aromatic heterocycles. The quantitative estimate of drug-likeness (QED) is 0.765. The Labute approximate surface area is 121 Å². The third kappa shape index (κ3) is 3.02. The number of halogens is 1. The molecule has 0 bridgehead atoms. The van der Waals surface area contributed by atoms with Crippen molar-refractivity contribution in [1.82, 2.24) is 0 Å². The number of carbonyl (C=O) groups is 1. The molecular formula is C17H24FNO. The van der Waals surface area contributed by atoms with Gasteiger partial charge in [-0.25, -0.2) is 4.39 Å². The van der Waals surface area contributed by atoms with Gasteiger partial charge in [0.1, 0.15) is 5.82 Å². The lowest BCUT2D eigenvalue weighted by molar-refractivity contribution is 0.101. The number of rotatable bonds is 3. The van der Waals surface area contributed by atoms with Crippen LogP contribution in [0.4, 0.5) is 10.1 Å². The number of aryl methyl sites for hydroxylation is 1. The minimum Gasteiger partial charge on any atom is -0.371 e. The molecule has 1 aromatic rings. The van der Waals surface area contributed by atoms with Crippen LogP contribution < -0.4 is 4.90 Å². The molecule has 2 atom stereocenters. The first-order valence-corrected chi connectivity index (χ1v) is 7.44. The van der Waals surface area contributed by atoms with Crippen LogP contribution in [0.15, 0.2) is 12.1 Å². The molecule has 2 rings (SSSR count). The van der Waals surface area contributed by atoms with Crippen molar-refractivity contribution in [3.05, 3.63) is 29.1 Å². The molecule has 3 heteroatoms. The first-order valence-electron chi connectivity index (χ1n) is 7.44. The molecule has 2 nitrogen and oxygen atoms in total. The van der Waals surface area contributed by atoms with Gasteiger partial charge in [0.2, 0.25) is 0 Å². The van der Waals surface area contributed by atoms with E-state index in [1.54, 1.807) is 6.92 Å². The molecule has 1 aliphatic rings. The summed E-state index contributed by atoms with van der Waals surface area (Å²) >= 11 is 0. The van der Waals surface area contributed by atoms with Gasteiger partial charge in [-0.3, -0.25) is 4.79 Å². The minimum atomic E-state index is -0.302. The summed E-state index contributed by atoms with van der Waals surface area (Å²) < 4.78 is 13.7. The fraction of sp³-hybridized carbons (Fsp3) is 0.588. The zero-order chi connectivity index (χ0) is 14.9. The maximum atomic E-state index is 13.7. The number of carbonyl (C=O) groups excluding carboxylic acids is 1. The Morgan fingerprint density at radius 3 is 2.65 bits per heavy atom. The van der Waals surface area contributed by atoms with Crippen LogP contribution in [-0.2, 0) is 0 Å². The van der Waals surface area contributed by atoms with Gasteiger partial charge in [0.25, 0.3) is 0 Å².